The number of rotatable bonds is 2. The van der Waals surface area contributed by atoms with E-state index in [9.17, 15) is 14.4 Å². The Bertz CT molecular complexity index is 342. The van der Waals surface area contributed by atoms with Crippen LogP contribution in [-0.2, 0) is 14.4 Å². The molecule has 0 saturated carbocycles. The van der Waals surface area contributed by atoms with Gasteiger partial charge in [-0.25, -0.2) is 4.79 Å². The number of carboxylic acids is 1. The lowest BCUT2D eigenvalue weighted by molar-refractivity contribution is -0.149. The molecular weight excluding hydrogens is 212 g/mol. The average Bonchev–Trinajstić information content (AvgIpc) is 2.84. The first-order chi connectivity index (χ1) is 7.59. The summed E-state index contributed by atoms with van der Waals surface area (Å²) in [7, 11) is 0. The van der Waals surface area contributed by atoms with E-state index in [-0.39, 0.29) is 11.8 Å². The topological polar surface area (TPSA) is 86.7 Å². The monoisotopic (exact) mass is 226 g/mol. The molecule has 0 aromatic rings. The lowest BCUT2D eigenvalue weighted by Gasteiger charge is -2.24. The summed E-state index contributed by atoms with van der Waals surface area (Å²) in [5.41, 5.74) is 0. The van der Waals surface area contributed by atoms with Gasteiger partial charge in [0.15, 0.2) is 0 Å². The minimum atomic E-state index is -0.963. The highest BCUT2D eigenvalue weighted by Crippen LogP contribution is 2.20. The number of nitrogens with zero attached hydrogens (tertiary/aromatic N) is 1. The molecule has 2 atom stereocenters. The average molecular weight is 226 g/mol. The number of carbonyl (C=O) groups excluding carboxylic acids is 2. The molecular formula is C10H14N2O4. The molecule has 2 aliphatic rings. The normalized spacial score (nSPS) is 29.2. The molecule has 0 unspecified atom stereocenters. The minimum absolute atomic E-state index is 0.135. The molecule has 0 bridgehead atoms. The van der Waals surface area contributed by atoms with Crippen molar-refractivity contribution in [1.82, 2.24) is 10.2 Å². The maximum Gasteiger partial charge on any atom is 0.326 e. The Balaban J connectivity index is 2.03. The number of carbonyl (C=O) groups is 3. The van der Waals surface area contributed by atoms with E-state index in [1.807, 2.05) is 0 Å². The fourth-order valence-electron chi connectivity index (χ4n) is 2.29. The Labute approximate surface area is 92.6 Å². The fourth-order valence-corrected chi connectivity index (χ4v) is 2.29. The number of hydrogen-bond donors (Lipinski definition) is 2. The van der Waals surface area contributed by atoms with Crippen LogP contribution < -0.4 is 5.32 Å². The number of amides is 2. The lowest BCUT2D eigenvalue weighted by atomic mass is 10.1. The zero-order valence-corrected chi connectivity index (χ0v) is 8.81. The van der Waals surface area contributed by atoms with Crippen LogP contribution in [0.25, 0.3) is 0 Å². The summed E-state index contributed by atoms with van der Waals surface area (Å²) in [4.78, 5) is 35.2. The largest absolute Gasteiger partial charge is 0.480 e. The molecule has 2 aliphatic heterocycles. The molecule has 0 aromatic heterocycles. The van der Waals surface area contributed by atoms with Crippen LogP contribution in [0.15, 0.2) is 0 Å². The maximum absolute atomic E-state index is 12.0. The van der Waals surface area contributed by atoms with Gasteiger partial charge in [0.2, 0.25) is 11.8 Å². The first-order valence-corrected chi connectivity index (χ1v) is 5.42. The Kier molecular flexibility index (Phi) is 2.80. The van der Waals surface area contributed by atoms with E-state index in [1.165, 1.54) is 4.90 Å². The van der Waals surface area contributed by atoms with Gasteiger partial charge >= 0.3 is 5.97 Å². The summed E-state index contributed by atoms with van der Waals surface area (Å²) >= 11 is 0. The second kappa shape index (κ2) is 4.11. The third-order valence-corrected chi connectivity index (χ3v) is 3.11. The number of nitrogens with one attached hydrogen (secondary N) is 1. The van der Waals surface area contributed by atoms with E-state index in [0.717, 1.165) is 0 Å². The first-order valence-electron chi connectivity index (χ1n) is 5.42. The van der Waals surface area contributed by atoms with Gasteiger partial charge in [0.25, 0.3) is 0 Å². The number of likely N-dealkylation sites (tertiary alicyclic amines) is 1. The summed E-state index contributed by atoms with van der Waals surface area (Å²) in [5.74, 6) is -1.35. The van der Waals surface area contributed by atoms with Crippen molar-refractivity contribution in [2.75, 3.05) is 6.54 Å². The molecule has 0 aliphatic carbocycles. The van der Waals surface area contributed by atoms with Crippen LogP contribution in [0.4, 0.5) is 0 Å². The van der Waals surface area contributed by atoms with Crippen molar-refractivity contribution in [3.63, 3.8) is 0 Å². The molecule has 0 radical (unpaired) electrons. The van der Waals surface area contributed by atoms with Crippen molar-refractivity contribution in [3.8, 4) is 0 Å². The van der Waals surface area contributed by atoms with Crippen molar-refractivity contribution >= 4 is 17.8 Å². The van der Waals surface area contributed by atoms with Crippen LogP contribution in [-0.4, -0.2) is 46.4 Å². The Morgan fingerprint density at radius 2 is 2.12 bits per heavy atom. The third kappa shape index (κ3) is 1.87. The fraction of sp³-hybridized carbons (Fsp3) is 0.700. The van der Waals surface area contributed by atoms with E-state index in [2.05, 4.69) is 5.32 Å². The molecule has 2 fully saturated rings. The highest BCUT2D eigenvalue weighted by Gasteiger charge is 2.39. The SMILES string of the molecule is O=C1CC[C@H](C(=O)N2CCC[C@H]2C(=O)O)N1. The minimum Gasteiger partial charge on any atom is -0.480 e. The second-order valence-corrected chi connectivity index (χ2v) is 4.19. The Morgan fingerprint density at radius 1 is 1.38 bits per heavy atom. The molecule has 6 nitrogen and oxygen atoms in total. The van der Waals surface area contributed by atoms with Crippen LogP contribution in [0.1, 0.15) is 25.7 Å². The highest BCUT2D eigenvalue weighted by atomic mass is 16.4. The number of aliphatic carboxylic acids is 1. The first kappa shape index (κ1) is 10.9. The number of hydrogen-bond acceptors (Lipinski definition) is 3. The quantitative estimate of drug-likeness (QED) is 0.654. The van der Waals surface area contributed by atoms with Gasteiger partial charge in [0.1, 0.15) is 12.1 Å². The Hall–Kier alpha value is -1.59. The van der Waals surface area contributed by atoms with Gasteiger partial charge in [-0.05, 0) is 19.3 Å². The lowest BCUT2D eigenvalue weighted by Crippen LogP contribution is -2.48. The second-order valence-electron chi connectivity index (χ2n) is 4.19. The summed E-state index contributed by atoms with van der Waals surface area (Å²) in [6.07, 6.45) is 2.04. The summed E-state index contributed by atoms with van der Waals surface area (Å²) in [5, 5.41) is 11.5. The molecule has 88 valence electrons. The number of carboxylic acid groups (broad SMARTS) is 1. The van der Waals surface area contributed by atoms with Crippen LogP contribution in [0.2, 0.25) is 0 Å². The van der Waals surface area contributed by atoms with Gasteiger partial charge in [0, 0.05) is 13.0 Å². The van der Waals surface area contributed by atoms with Crippen LogP contribution in [0, 0.1) is 0 Å². The van der Waals surface area contributed by atoms with Crippen LogP contribution in [0.3, 0.4) is 0 Å². The van der Waals surface area contributed by atoms with E-state index >= 15 is 0 Å². The van der Waals surface area contributed by atoms with E-state index in [1.54, 1.807) is 0 Å². The molecule has 2 amide bonds. The van der Waals surface area contributed by atoms with Crippen molar-refractivity contribution in [2.45, 2.75) is 37.8 Å². The molecule has 6 heteroatoms. The van der Waals surface area contributed by atoms with Crippen molar-refractivity contribution in [3.05, 3.63) is 0 Å². The van der Waals surface area contributed by atoms with E-state index in [4.69, 9.17) is 5.11 Å². The standard InChI is InChI=1S/C10H14N2O4/c13-8-4-3-6(11-8)9(14)12-5-1-2-7(12)10(15)16/h6-7H,1-5H2,(H,11,13)(H,15,16)/t6-,7+/m1/s1. The van der Waals surface area contributed by atoms with Gasteiger partial charge < -0.3 is 15.3 Å². The van der Waals surface area contributed by atoms with E-state index < -0.39 is 18.1 Å². The van der Waals surface area contributed by atoms with Crippen molar-refractivity contribution < 1.29 is 19.5 Å². The van der Waals surface area contributed by atoms with E-state index in [0.29, 0.717) is 32.2 Å². The van der Waals surface area contributed by atoms with Crippen LogP contribution >= 0.6 is 0 Å². The summed E-state index contributed by atoms with van der Waals surface area (Å²) in [6.45, 7) is 0.474. The molecule has 2 N–H and O–H groups in total. The van der Waals surface area contributed by atoms with Gasteiger partial charge in [-0.2, -0.15) is 0 Å². The van der Waals surface area contributed by atoms with Gasteiger partial charge in [-0.15, -0.1) is 0 Å². The summed E-state index contributed by atoms with van der Waals surface area (Å²) < 4.78 is 0. The predicted octanol–water partition coefficient (Wildman–Crippen LogP) is -0.659. The van der Waals surface area contributed by atoms with Crippen molar-refractivity contribution in [2.24, 2.45) is 0 Å². The predicted molar refractivity (Wildman–Crippen MR) is 53.5 cm³/mol. The zero-order chi connectivity index (χ0) is 11.7. The maximum atomic E-state index is 12.0. The zero-order valence-electron chi connectivity index (χ0n) is 8.81. The summed E-state index contributed by atoms with van der Waals surface area (Å²) in [6, 6.07) is -1.24. The third-order valence-electron chi connectivity index (χ3n) is 3.11. The molecule has 0 aromatic carbocycles. The van der Waals surface area contributed by atoms with Gasteiger partial charge in [-0.3, -0.25) is 9.59 Å². The highest BCUT2D eigenvalue weighted by molar-refractivity contribution is 5.93. The van der Waals surface area contributed by atoms with Gasteiger partial charge in [-0.1, -0.05) is 0 Å². The molecule has 2 rings (SSSR count). The van der Waals surface area contributed by atoms with Crippen LogP contribution in [0.5, 0.6) is 0 Å². The smallest absolute Gasteiger partial charge is 0.326 e. The van der Waals surface area contributed by atoms with Gasteiger partial charge in [0.05, 0.1) is 0 Å². The molecule has 16 heavy (non-hydrogen) atoms. The molecule has 2 saturated heterocycles. The molecule has 2 heterocycles. The van der Waals surface area contributed by atoms with Crippen molar-refractivity contribution in [1.29, 1.82) is 0 Å². The molecule has 0 spiro atoms. The Morgan fingerprint density at radius 3 is 2.69 bits per heavy atom.